The highest BCUT2D eigenvalue weighted by Crippen LogP contribution is 2.23. The number of ether oxygens (including phenoxy) is 1. The number of carbonyl (C=O) groups excluding carboxylic acids is 1. The molecule has 0 fully saturated rings. The molecular weight excluding hydrogens is 473 g/mol. The summed E-state index contributed by atoms with van der Waals surface area (Å²) in [6.45, 7) is 5.02. The Hall–Kier alpha value is -3.12. The molecule has 0 aliphatic rings. The first-order valence-electron chi connectivity index (χ1n) is 10.3. The molecule has 1 amide bonds. The summed E-state index contributed by atoms with van der Waals surface area (Å²) in [5.41, 5.74) is -3.49. The zero-order chi connectivity index (χ0) is 25.1. The van der Waals surface area contributed by atoms with Crippen LogP contribution in [0.1, 0.15) is 32.0 Å². The number of halogens is 3. The molecule has 0 radical (unpaired) electrons. The van der Waals surface area contributed by atoms with Gasteiger partial charge >= 0.3 is 21.6 Å². The first kappa shape index (κ1) is 25.5. The van der Waals surface area contributed by atoms with Crippen molar-refractivity contribution in [2.45, 2.75) is 44.8 Å². The number of nitrogens with zero attached hydrogens (tertiary/aromatic N) is 3. The van der Waals surface area contributed by atoms with Crippen LogP contribution in [-0.2, 0) is 27.7 Å². The Balaban J connectivity index is 1.79. The number of sulfonamides is 1. The fraction of sp³-hybridized carbons (Fsp3) is 0.364. The lowest BCUT2D eigenvalue weighted by Gasteiger charge is -2.28. The monoisotopic (exact) mass is 498 g/mol. The van der Waals surface area contributed by atoms with Crippen LogP contribution in [0.2, 0.25) is 0 Å². The average Bonchev–Trinajstić information content (AvgIpc) is 3.20. The highest BCUT2D eigenvalue weighted by atomic mass is 32.2. The fourth-order valence-corrected chi connectivity index (χ4v) is 3.66. The maximum Gasteiger partial charge on any atom is 0.511 e. The molecule has 0 bridgehead atoms. The van der Waals surface area contributed by atoms with Crippen molar-refractivity contribution in [2.24, 2.45) is 0 Å². The van der Waals surface area contributed by atoms with Gasteiger partial charge in [-0.15, -0.1) is 0 Å². The van der Waals surface area contributed by atoms with Crippen molar-refractivity contribution in [3.05, 3.63) is 66.1 Å². The number of alkyl halides is 3. The molecular formula is C22H25F3N4O4S. The van der Waals surface area contributed by atoms with E-state index in [1.165, 1.54) is 9.62 Å². The number of amides is 1. The molecule has 1 aromatic carbocycles. The second-order valence-electron chi connectivity index (χ2n) is 8.50. The molecule has 0 unspecified atom stereocenters. The minimum atomic E-state index is -5.39. The number of pyridine rings is 1. The zero-order valence-electron chi connectivity index (χ0n) is 18.8. The van der Waals surface area contributed by atoms with Gasteiger partial charge in [0.15, 0.2) is 0 Å². The maximum atomic E-state index is 13.0. The van der Waals surface area contributed by atoms with E-state index in [-0.39, 0.29) is 13.0 Å². The maximum absolute atomic E-state index is 13.0. The van der Waals surface area contributed by atoms with Gasteiger partial charge in [-0.1, -0.05) is 18.2 Å². The average molecular weight is 499 g/mol. The van der Waals surface area contributed by atoms with Gasteiger partial charge in [0.05, 0.1) is 6.54 Å². The van der Waals surface area contributed by atoms with Crippen LogP contribution in [0.5, 0.6) is 0 Å². The molecule has 0 atom stereocenters. The van der Waals surface area contributed by atoms with Gasteiger partial charge in [-0.05, 0) is 57.0 Å². The number of hydrogen-bond donors (Lipinski definition) is 1. The van der Waals surface area contributed by atoms with Crippen molar-refractivity contribution in [2.75, 3.05) is 11.4 Å². The van der Waals surface area contributed by atoms with Gasteiger partial charge in [0, 0.05) is 30.3 Å². The Bertz CT molecular complexity index is 1250. The van der Waals surface area contributed by atoms with Crippen LogP contribution in [0.3, 0.4) is 0 Å². The van der Waals surface area contributed by atoms with E-state index in [4.69, 9.17) is 4.74 Å². The Labute approximate surface area is 195 Å². The van der Waals surface area contributed by atoms with Crippen molar-refractivity contribution in [1.82, 2.24) is 14.1 Å². The predicted molar refractivity (Wildman–Crippen MR) is 121 cm³/mol. The van der Waals surface area contributed by atoms with Gasteiger partial charge in [-0.25, -0.2) is 22.9 Å². The zero-order valence-corrected chi connectivity index (χ0v) is 19.7. The number of rotatable bonds is 7. The second-order valence-corrected chi connectivity index (χ2v) is 10.3. The first-order valence-corrected chi connectivity index (χ1v) is 11.8. The van der Waals surface area contributed by atoms with Gasteiger partial charge in [0.1, 0.15) is 11.2 Å². The van der Waals surface area contributed by atoms with E-state index in [9.17, 15) is 26.4 Å². The third-order valence-electron chi connectivity index (χ3n) is 4.71. The Morgan fingerprint density at radius 2 is 1.79 bits per heavy atom. The summed E-state index contributed by atoms with van der Waals surface area (Å²) in [6.07, 6.45) is 2.90. The minimum absolute atomic E-state index is 0.0381. The van der Waals surface area contributed by atoms with Crippen molar-refractivity contribution < 1.29 is 31.1 Å². The molecule has 8 nitrogen and oxygen atoms in total. The van der Waals surface area contributed by atoms with Crippen LogP contribution in [0.25, 0.3) is 5.65 Å². The third-order valence-corrected chi connectivity index (χ3v) is 5.90. The molecule has 2 aromatic heterocycles. The van der Waals surface area contributed by atoms with Crippen LogP contribution in [0.4, 0.5) is 23.7 Å². The van der Waals surface area contributed by atoms with E-state index in [0.717, 1.165) is 11.3 Å². The van der Waals surface area contributed by atoms with Gasteiger partial charge in [0.25, 0.3) is 0 Å². The SMILES string of the molecule is CC(C)(C)OC(=O)N(Cc1cccc2nccn12)c1ccc(CCNS(=O)(=O)C(F)(F)F)cc1. The van der Waals surface area contributed by atoms with E-state index in [1.807, 2.05) is 22.6 Å². The van der Waals surface area contributed by atoms with Gasteiger partial charge in [-0.2, -0.15) is 13.2 Å². The van der Waals surface area contributed by atoms with Crippen LogP contribution in [-0.4, -0.2) is 41.5 Å². The third kappa shape index (κ3) is 6.26. The van der Waals surface area contributed by atoms with E-state index in [2.05, 4.69) is 4.98 Å². The summed E-state index contributed by atoms with van der Waals surface area (Å²) in [7, 11) is -5.39. The summed E-state index contributed by atoms with van der Waals surface area (Å²) < 4.78 is 68.5. The summed E-state index contributed by atoms with van der Waals surface area (Å²) >= 11 is 0. The van der Waals surface area contributed by atoms with Crippen LogP contribution in [0.15, 0.2) is 54.9 Å². The Kier molecular flexibility index (Phi) is 7.22. The standard InChI is InChI=1S/C22H25F3N4O4S/c1-21(2,3)33-20(30)29(15-18-5-4-6-19-26-13-14-28(18)19)17-9-7-16(8-10-17)11-12-27-34(31,32)22(23,24)25/h4-10,13-14,27H,11-12,15H2,1-3H3. The number of fused-ring (bicyclic) bond motifs is 1. The second kappa shape index (κ2) is 9.63. The predicted octanol–water partition coefficient (Wildman–Crippen LogP) is 4.26. The van der Waals surface area contributed by atoms with Crippen molar-refractivity contribution in [3.8, 4) is 0 Å². The number of imidazole rings is 1. The number of carbonyl (C=O) groups is 1. The molecule has 34 heavy (non-hydrogen) atoms. The Morgan fingerprint density at radius 1 is 1.12 bits per heavy atom. The van der Waals surface area contributed by atoms with E-state index >= 15 is 0 Å². The molecule has 0 aliphatic heterocycles. The van der Waals surface area contributed by atoms with Gasteiger partial charge in [0.2, 0.25) is 0 Å². The smallest absolute Gasteiger partial charge is 0.443 e. The lowest BCUT2D eigenvalue weighted by Crippen LogP contribution is -2.37. The number of hydrogen-bond acceptors (Lipinski definition) is 5. The quantitative estimate of drug-likeness (QED) is 0.526. The molecule has 1 N–H and O–H groups in total. The Morgan fingerprint density at radius 3 is 2.41 bits per heavy atom. The molecule has 3 rings (SSSR count). The van der Waals surface area contributed by atoms with Crippen molar-refractivity contribution in [3.63, 3.8) is 0 Å². The summed E-state index contributed by atoms with van der Waals surface area (Å²) in [5.74, 6) is 0. The van der Waals surface area contributed by atoms with Gasteiger partial charge in [-0.3, -0.25) is 4.90 Å². The lowest BCUT2D eigenvalue weighted by molar-refractivity contribution is -0.0447. The molecule has 0 saturated carbocycles. The van der Waals surface area contributed by atoms with E-state index in [1.54, 1.807) is 57.4 Å². The largest absolute Gasteiger partial charge is 0.511 e. The molecule has 0 spiro atoms. The topological polar surface area (TPSA) is 93.0 Å². The van der Waals surface area contributed by atoms with Crippen molar-refractivity contribution in [1.29, 1.82) is 0 Å². The number of aromatic nitrogens is 2. The molecule has 2 heterocycles. The number of nitrogens with one attached hydrogen (secondary N) is 1. The highest BCUT2D eigenvalue weighted by Gasteiger charge is 2.45. The van der Waals surface area contributed by atoms with Crippen LogP contribution < -0.4 is 9.62 Å². The summed E-state index contributed by atoms with van der Waals surface area (Å²) in [4.78, 5) is 18.7. The lowest BCUT2D eigenvalue weighted by atomic mass is 10.1. The van der Waals surface area contributed by atoms with Gasteiger partial charge < -0.3 is 9.14 Å². The summed E-state index contributed by atoms with van der Waals surface area (Å²) in [5, 5.41) is 0. The number of benzene rings is 1. The molecule has 12 heteroatoms. The molecule has 0 aliphatic carbocycles. The highest BCUT2D eigenvalue weighted by molar-refractivity contribution is 7.90. The molecule has 0 saturated heterocycles. The van der Waals surface area contributed by atoms with E-state index < -0.39 is 33.8 Å². The normalized spacial score (nSPS) is 12.6. The number of anilines is 1. The van der Waals surface area contributed by atoms with Crippen molar-refractivity contribution >= 4 is 27.5 Å². The molecule has 3 aromatic rings. The fourth-order valence-electron chi connectivity index (χ4n) is 3.13. The first-order chi connectivity index (χ1) is 15.8. The van der Waals surface area contributed by atoms with Crippen LogP contribution >= 0.6 is 0 Å². The van der Waals surface area contributed by atoms with Crippen LogP contribution in [0, 0.1) is 0 Å². The minimum Gasteiger partial charge on any atom is -0.443 e. The summed E-state index contributed by atoms with van der Waals surface area (Å²) in [6, 6.07) is 12.0. The molecule has 184 valence electrons. The van der Waals surface area contributed by atoms with E-state index in [0.29, 0.717) is 11.3 Å².